The largest absolute Gasteiger partial charge is 0.497 e. The molecule has 0 heterocycles. The molecule has 0 aromatic heterocycles. The van der Waals surface area contributed by atoms with E-state index in [2.05, 4.69) is 5.32 Å². The molecule has 242 valence electrons. The van der Waals surface area contributed by atoms with E-state index >= 15 is 0 Å². The minimum Gasteiger partial charge on any atom is -0.497 e. The lowest BCUT2D eigenvalue weighted by atomic mass is 9.95. The second-order valence-electron chi connectivity index (χ2n) is 11.0. The lowest BCUT2D eigenvalue weighted by Crippen LogP contribution is -2.54. The summed E-state index contributed by atoms with van der Waals surface area (Å²) in [6.07, 6.45) is 5.39. The van der Waals surface area contributed by atoms with Crippen LogP contribution in [-0.4, -0.2) is 65.1 Å². The Morgan fingerprint density at radius 3 is 2.13 bits per heavy atom. The van der Waals surface area contributed by atoms with Crippen molar-refractivity contribution < 1.29 is 32.2 Å². The van der Waals surface area contributed by atoms with Crippen LogP contribution in [0.4, 0.5) is 5.69 Å². The first kappa shape index (κ1) is 33.6. The molecule has 0 aliphatic heterocycles. The minimum atomic E-state index is -4.21. The number of benzene rings is 3. The third-order valence-corrected chi connectivity index (χ3v) is 9.90. The van der Waals surface area contributed by atoms with Crippen LogP contribution < -0.4 is 23.8 Å². The summed E-state index contributed by atoms with van der Waals surface area (Å²) in [5, 5.41) is 3.16. The van der Waals surface area contributed by atoms with Crippen LogP contribution in [0.3, 0.4) is 0 Å². The number of hydrogen-bond acceptors (Lipinski definition) is 7. The third kappa shape index (κ3) is 8.27. The van der Waals surface area contributed by atoms with Crippen molar-refractivity contribution in [3.8, 4) is 17.2 Å². The first-order valence-corrected chi connectivity index (χ1v) is 16.7. The third-order valence-electron chi connectivity index (χ3n) is 8.11. The number of hydrogen-bond donors (Lipinski definition) is 1. The van der Waals surface area contributed by atoms with Crippen LogP contribution in [0.15, 0.2) is 77.7 Å². The zero-order valence-corrected chi connectivity index (χ0v) is 27.2. The van der Waals surface area contributed by atoms with Crippen molar-refractivity contribution in [2.24, 2.45) is 0 Å². The summed E-state index contributed by atoms with van der Waals surface area (Å²) in [6.45, 7) is 1.41. The van der Waals surface area contributed by atoms with Crippen molar-refractivity contribution >= 4 is 27.5 Å². The maximum absolute atomic E-state index is 14.4. The molecule has 2 amide bonds. The van der Waals surface area contributed by atoms with Crippen LogP contribution in [0.2, 0.25) is 0 Å². The Labute approximate surface area is 266 Å². The highest BCUT2D eigenvalue weighted by molar-refractivity contribution is 7.92. The van der Waals surface area contributed by atoms with Gasteiger partial charge in [-0.25, -0.2) is 8.42 Å². The molecule has 11 heteroatoms. The van der Waals surface area contributed by atoms with E-state index in [-0.39, 0.29) is 29.1 Å². The zero-order chi connectivity index (χ0) is 32.4. The van der Waals surface area contributed by atoms with Gasteiger partial charge in [0.2, 0.25) is 11.8 Å². The first-order chi connectivity index (χ1) is 21.7. The molecule has 4 rings (SSSR count). The van der Waals surface area contributed by atoms with Crippen molar-refractivity contribution in [2.45, 2.75) is 69.0 Å². The molecule has 0 saturated heterocycles. The van der Waals surface area contributed by atoms with Crippen molar-refractivity contribution in [3.05, 3.63) is 78.4 Å². The normalized spacial score (nSPS) is 14.2. The number of carbonyl (C=O) groups is 2. The van der Waals surface area contributed by atoms with Crippen molar-refractivity contribution in [3.63, 3.8) is 0 Å². The topological polar surface area (TPSA) is 114 Å². The Balaban J connectivity index is 1.73. The summed E-state index contributed by atoms with van der Waals surface area (Å²) in [5.41, 5.74) is 0.991. The number of rotatable bonds is 14. The van der Waals surface area contributed by atoms with E-state index in [1.54, 1.807) is 49.6 Å². The number of amides is 2. The Morgan fingerprint density at radius 1 is 0.867 bits per heavy atom. The number of sulfonamides is 1. The van der Waals surface area contributed by atoms with E-state index in [1.807, 2.05) is 19.1 Å². The smallest absolute Gasteiger partial charge is 0.264 e. The molecule has 1 fully saturated rings. The zero-order valence-electron chi connectivity index (χ0n) is 26.4. The summed E-state index contributed by atoms with van der Waals surface area (Å²) in [5.74, 6) is 0.619. The van der Waals surface area contributed by atoms with Gasteiger partial charge in [-0.3, -0.25) is 13.9 Å². The number of nitrogens with one attached hydrogen (secondary N) is 1. The molecule has 1 aliphatic rings. The van der Waals surface area contributed by atoms with Crippen molar-refractivity contribution in [1.29, 1.82) is 0 Å². The highest BCUT2D eigenvalue weighted by Gasteiger charge is 2.34. The molecule has 0 radical (unpaired) electrons. The van der Waals surface area contributed by atoms with Gasteiger partial charge in [-0.15, -0.1) is 0 Å². The van der Waals surface area contributed by atoms with Crippen LogP contribution >= 0.6 is 0 Å². The van der Waals surface area contributed by atoms with Gasteiger partial charge in [-0.05, 0) is 61.2 Å². The van der Waals surface area contributed by atoms with Gasteiger partial charge < -0.3 is 24.4 Å². The molecule has 3 aromatic carbocycles. The average Bonchev–Trinajstić information content (AvgIpc) is 3.07. The van der Waals surface area contributed by atoms with Crippen LogP contribution in [0.1, 0.15) is 51.0 Å². The van der Waals surface area contributed by atoms with Crippen LogP contribution in [0.5, 0.6) is 17.2 Å². The SMILES string of the molecule is CCC(C(=O)NC1CCCCC1)N(Cc1ccc(OC)cc1)C(=O)CN(c1ccc(OC)c(OC)c1)S(=O)(=O)c1ccccc1. The molecule has 0 bridgehead atoms. The van der Waals surface area contributed by atoms with E-state index in [0.717, 1.165) is 42.0 Å². The Hall–Kier alpha value is -4.25. The molecular formula is C34H43N3O7S. The molecule has 45 heavy (non-hydrogen) atoms. The monoisotopic (exact) mass is 637 g/mol. The Kier molecular flexibility index (Phi) is 11.7. The summed E-state index contributed by atoms with van der Waals surface area (Å²) >= 11 is 0. The Bertz CT molecular complexity index is 1530. The van der Waals surface area contributed by atoms with Crippen LogP contribution in [-0.2, 0) is 26.2 Å². The quantitative estimate of drug-likeness (QED) is 0.260. The highest BCUT2D eigenvalue weighted by atomic mass is 32.2. The number of anilines is 1. The van der Waals surface area contributed by atoms with E-state index in [4.69, 9.17) is 14.2 Å². The summed E-state index contributed by atoms with van der Waals surface area (Å²) < 4.78 is 45.4. The van der Waals surface area contributed by atoms with Crippen LogP contribution in [0, 0.1) is 0 Å². The maximum Gasteiger partial charge on any atom is 0.264 e. The van der Waals surface area contributed by atoms with Crippen molar-refractivity contribution in [1.82, 2.24) is 10.2 Å². The fourth-order valence-corrected chi connectivity index (χ4v) is 7.05. The van der Waals surface area contributed by atoms with E-state index in [9.17, 15) is 18.0 Å². The van der Waals surface area contributed by atoms with Gasteiger partial charge in [-0.1, -0.05) is 56.5 Å². The highest BCUT2D eigenvalue weighted by Crippen LogP contribution is 2.34. The number of ether oxygens (including phenoxy) is 3. The predicted octanol–water partition coefficient (Wildman–Crippen LogP) is 5.16. The fourth-order valence-electron chi connectivity index (χ4n) is 5.62. The number of nitrogens with zero attached hydrogens (tertiary/aromatic N) is 2. The maximum atomic E-state index is 14.4. The molecular weight excluding hydrogens is 594 g/mol. The van der Waals surface area contributed by atoms with Gasteiger partial charge in [0.25, 0.3) is 10.0 Å². The molecule has 0 spiro atoms. The van der Waals surface area contributed by atoms with Gasteiger partial charge in [0.15, 0.2) is 11.5 Å². The molecule has 1 unspecified atom stereocenters. The van der Waals surface area contributed by atoms with Gasteiger partial charge in [0.1, 0.15) is 18.3 Å². The molecule has 1 N–H and O–H groups in total. The Morgan fingerprint density at radius 2 is 1.53 bits per heavy atom. The van der Waals surface area contributed by atoms with Gasteiger partial charge in [-0.2, -0.15) is 0 Å². The number of methoxy groups -OCH3 is 3. The molecule has 1 aliphatic carbocycles. The fraction of sp³-hybridized carbons (Fsp3) is 0.412. The summed E-state index contributed by atoms with van der Waals surface area (Å²) in [4.78, 5) is 29.6. The predicted molar refractivity (Wildman–Crippen MR) is 173 cm³/mol. The molecule has 10 nitrogen and oxygen atoms in total. The second kappa shape index (κ2) is 15.7. The van der Waals surface area contributed by atoms with Gasteiger partial charge in [0, 0.05) is 18.7 Å². The lowest BCUT2D eigenvalue weighted by Gasteiger charge is -2.34. The standard InChI is InChI=1S/C34H43N3O7S/c1-5-30(34(39)35-26-12-8-6-9-13-26)36(23-25-16-19-28(42-2)20-17-25)33(38)24-37(45(40,41)29-14-10-7-11-15-29)27-18-21-31(43-3)32(22-27)44-4/h7,10-11,14-22,26,30H,5-6,8-9,12-13,23-24H2,1-4H3,(H,35,39). The van der Waals surface area contributed by atoms with E-state index in [0.29, 0.717) is 23.7 Å². The van der Waals surface area contributed by atoms with Crippen LogP contribution in [0.25, 0.3) is 0 Å². The molecule has 1 atom stereocenters. The summed E-state index contributed by atoms with van der Waals surface area (Å²) in [6, 6.07) is 19.1. The lowest BCUT2D eigenvalue weighted by molar-refractivity contribution is -0.140. The second-order valence-corrected chi connectivity index (χ2v) is 12.9. The van der Waals surface area contributed by atoms with Gasteiger partial charge >= 0.3 is 0 Å². The van der Waals surface area contributed by atoms with Gasteiger partial charge in [0.05, 0.1) is 31.9 Å². The first-order valence-electron chi connectivity index (χ1n) is 15.2. The number of carbonyl (C=O) groups excluding carboxylic acids is 2. The van der Waals surface area contributed by atoms with E-state index < -0.39 is 28.5 Å². The van der Waals surface area contributed by atoms with Crippen molar-refractivity contribution in [2.75, 3.05) is 32.2 Å². The van der Waals surface area contributed by atoms with E-state index in [1.165, 1.54) is 37.3 Å². The minimum absolute atomic E-state index is 0.0244. The molecule has 3 aromatic rings. The molecule has 1 saturated carbocycles. The average molecular weight is 638 g/mol. The summed E-state index contributed by atoms with van der Waals surface area (Å²) in [7, 11) is 0.301.